The number of carbonyl (C=O) groups is 2. The van der Waals surface area contributed by atoms with E-state index in [2.05, 4.69) is 10.2 Å². The minimum absolute atomic E-state index is 0.229. The summed E-state index contributed by atoms with van der Waals surface area (Å²) in [7, 11) is 0. The van der Waals surface area contributed by atoms with Crippen molar-refractivity contribution in [2.75, 3.05) is 24.5 Å². The molecule has 0 radical (unpaired) electrons. The SMILES string of the molecule is CC(C)(C)OC(=O)N1CCC2(CC1)CC2CN(C=O)c1cnn2ncccc12. The first-order valence-corrected chi connectivity index (χ1v) is 9.80. The molecule has 2 fully saturated rings. The molecule has 1 spiro atoms. The highest BCUT2D eigenvalue weighted by Crippen LogP contribution is 2.59. The second kappa shape index (κ2) is 6.76. The van der Waals surface area contributed by atoms with Gasteiger partial charge in [0.2, 0.25) is 6.41 Å². The standard InChI is InChI=1S/C20H27N5O3/c1-19(2,3)28-18(27)23-9-6-20(7-10-23)11-15(20)13-24(14-26)17-12-22-25-16(17)5-4-8-21-25/h4-5,8,12,14-15H,6-7,9-11,13H2,1-3H3. The van der Waals surface area contributed by atoms with Crippen LogP contribution in [0.1, 0.15) is 40.0 Å². The summed E-state index contributed by atoms with van der Waals surface area (Å²) in [4.78, 5) is 27.6. The third kappa shape index (κ3) is 3.55. The van der Waals surface area contributed by atoms with Crippen LogP contribution in [0.4, 0.5) is 10.5 Å². The molecule has 2 aliphatic rings. The molecule has 1 saturated heterocycles. The summed E-state index contributed by atoms with van der Waals surface area (Å²) >= 11 is 0. The molecular formula is C20H27N5O3. The maximum atomic E-state index is 12.3. The van der Waals surface area contributed by atoms with E-state index in [0.717, 1.165) is 36.9 Å². The molecule has 3 heterocycles. The topological polar surface area (TPSA) is 80.0 Å². The molecule has 4 rings (SSSR count). The molecule has 0 bridgehead atoms. The number of piperidine rings is 1. The number of hydrogen-bond acceptors (Lipinski definition) is 5. The highest BCUT2D eigenvalue weighted by Gasteiger charge is 2.55. The summed E-state index contributed by atoms with van der Waals surface area (Å²) in [6, 6.07) is 3.75. The van der Waals surface area contributed by atoms with E-state index in [1.165, 1.54) is 4.63 Å². The van der Waals surface area contributed by atoms with Gasteiger partial charge in [-0.3, -0.25) is 4.79 Å². The van der Waals surface area contributed by atoms with Crippen LogP contribution in [0.3, 0.4) is 0 Å². The molecular weight excluding hydrogens is 358 g/mol. The smallest absolute Gasteiger partial charge is 0.410 e. The average molecular weight is 385 g/mol. The Labute approximate surface area is 164 Å². The largest absolute Gasteiger partial charge is 0.444 e. The number of anilines is 1. The Morgan fingerprint density at radius 2 is 2.11 bits per heavy atom. The van der Waals surface area contributed by atoms with E-state index in [9.17, 15) is 9.59 Å². The molecule has 8 nitrogen and oxygen atoms in total. The minimum atomic E-state index is -0.470. The number of nitrogens with zero attached hydrogens (tertiary/aromatic N) is 5. The summed E-state index contributed by atoms with van der Waals surface area (Å²) in [5, 5.41) is 8.39. The number of hydrogen-bond donors (Lipinski definition) is 0. The first-order valence-electron chi connectivity index (χ1n) is 9.80. The molecule has 1 saturated carbocycles. The molecule has 28 heavy (non-hydrogen) atoms. The van der Waals surface area contributed by atoms with Crippen LogP contribution in [0.25, 0.3) is 5.52 Å². The van der Waals surface area contributed by atoms with Crippen LogP contribution >= 0.6 is 0 Å². The van der Waals surface area contributed by atoms with Crippen molar-refractivity contribution >= 4 is 23.7 Å². The lowest BCUT2D eigenvalue weighted by Gasteiger charge is -2.34. The lowest BCUT2D eigenvalue weighted by Crippen LogP contribution is -2.42. The predicted molar refractivity (Wildman–Crippen MR) is 104 cm³/mol. The molecule has 0 aromatic carbocycles. The zero-order valence-corrected chi connectivity index (χ0v) is 16.7. The molecule has 1 aliphatic carbocycles. The van der Waals surface area contributed by atoms with Crippen molar-refractivity contribution in [1.29, 1.82) is 0 Å². The summed E-state index contributed by atoms with van der Waals surface area (Å²) < 4.78 is 7.02. The van der Waals surface area contributed by atoms with Gasteiger partial charge in [-0.2, -0.15) is 10.2 Å². The highest BCUT2D eigenvalue weighted by atomic mass is 16.6. The van der Waals surface area contributed by atoms with Crippen LogP contribution in [0, 0.1) is 11.3 Å². The predicted octanol–water partition coefficient (Wildman–Crippen LogP) is 2.73. The number of ether oxygens (including phenoxy) is 1. The Morgan fingerprint density at radius 3 is 2.79 bits per heavy atom. The van der Waals surface area contributed by atoms with E-state index in [4.69, 9.17) is 4.74 Å². The van der Waals surface area contributed by atoms with E-state index >= 15 is 0 Å². The van der Waals surface area contributed by atoms with E-state index in [0.29, 0.717) is 25.6 Å². The van der Waals surface area contributed by atoms with Crippen LogP contribution in [-0.4, -0.2) is 57.5 Å². The third-order valence-electron chi connectivity index (χ3n) is 5.91. The number of carbonyl (C=O) groups excluding carboxylic acids is 2. The maximum Gasteiger partial charge on any atom is 0.410 e. The third-order valence-corrected chi connectivity index (χ3v) is 5.91. The molecule has 1 unspecified atom stereocenters. The Morgan fingerprint density at radius 1 is 1.36 bits per heavy atom. The van der Waals surface area contributed by atoms with E-state index in [1.54, 1.807) is 22.2 Å². The Kier molecular flexibility index (Phi) is 4.51. The number of amides is 2. The average Bonchev–Trinajstić information content (AvgIpc) is 3.12. The molecule has 2 aromatic heterocycles. The first-order chi connectivity index (χ1) is 13.3. The van der Waals surface area contributed by atoms with Crippen molar-refractivity contribution in [3.05, 3.63) is 24.5 Å². The fourth-order valence-corrected chi connectivity index (χ4v) is 4.24. The summed E-state index contributed by atoms with van der Waals surface area (Å²) in [6.07, 6.45) is 7.02. The molecule has 1 atom stereocenters. The number of rotatable bonds is 4. The molecule has 2 aromatic rings. The van der Waals surface area contributed by atoms with Crippen molar-refractivity contribution < 1.29 is 14.3 Å². The van der Waals surface area contributed by atoms with Crippen LogP contribution in [0.2, 0.25) is 0 Å². The van der Waals surface area contributed by atoms with Gasteiger partial charge < -0.3 is 14.5 Å². The molecule has 2 amide bonds. The van der Waals surface area contributed by atoms with Crippen molar-refractivity contribution in [2.45, 2.75) is 45.6 Å². The fraction of sp³-hybridized carbons (Fsp3) is 0.600. The van der Waals surface area contributed by atoms with E-state index in [1.807, 2.05) is 32.9 Å². The van der Waals surface area contributed by atoms with Crippen molar-refractivity contribution in [1.82, 2.24) is 19.7 Å². The number of likely N-dealkylation sites (tertiary alicyclic amines) is 1. The van der Waals surface area contributed by atoms with E-state index < -0.39 is 5.60 Å². The Balaban J connectivity index is 1.37. The Hall–Kier alpha value is -2.64. The summed E-state index contributed by atoms with van der Waals surface area (Å²) in [5.41, 5.74) is 1.38. The number of fused-ring (bicyclic) bond motifs is 1. The lowest BCUT2D eigenvalue weighted by molar-refractivity contribution is -0.107. The van der Waals surface area contributed by atoms with Crippen LogP contribution in [0.5, 0.6) is 0 Å². The molecule has 8 heteroatoms. The fourth-order valence-electron chi connectivity index (χ4n) is 4.24. The van der Waals surface area contributed by atoms with Gasteiger partial charge in [-0.25, -0.2) is 4.79 Å². The number of aromatic nitrogens is 3. The minimum Gasteiger partial charge on any atom is -0.444 e. The second-order valence-corrected chi connectivity index (χ2v) is 8.92. The van der Waals surface area contributed by atoms with E-state index in [-0.39, 0.29) is 11.5 Å². The van der Waals surface area contributed by atoms with Gasteiger partial charge in [-0.1, -0.05) is 0 Å². The lowest BCUT2D eigenvalue weighted by atomic mass is 9.91. The van der Waals surface area contributed by atoms with Gasteiger partial charge in [0.25, 0.3) is 0 Å². The summed E-state index contributed by atoms with van der Waals surface area (Å²) in [5.74, 6) is 0.449. The normalized spacial score (nSPS) is 21.0. The Bertz CT molecular complexity index is 879. The van der Waals surface area contributed by atoms with Gasteiger partial charge in [0, 0.05) is 25.8 Å². The second-order valence-electron chi connectivity index (χ2n) is 8.92. The monoisotopic (exact) mass is 385 g/mol. The van der Waals surface area contributed by atoms with Crippen LogP contribution in [0.15, 0.2) is 24.5 Å². The quantitative estimate of drug-likeness (QED) is 0.756. The van der Waals surface area contributed by atoms with Crippen molar-refractivity contribution in [3.63, 3.8) is 0 Å². The van der Waals surface area contributed by atoms with Gasteiger partial charge in [-0.15, -0.1) is 4.63 Å². The van der Waals surface area contributed by atoms with Gasteiger partial charge in [-0.05, 0) is 63.5 Å². The zero-order valence-electron chi connectivity index (χ0n) is 16.7. The van der Waals surface area contributed by atoms with Crippen molar-refractivity contribution in [3.8, 4) is 0 Å². The van der Waals surface area contributed by atoms with Crippen molar-refractivity contribution in [2.24, 2.45) is 11.3 Å². The van der Waals surface area contributed by atoms with Gasteiger partial charge in [0.15, 0.2) is 0 Å². The van der Waals surface area contributed by atoms with Crippen LogP contribution < -0.4 is 4.90 Å². The first kappa shape index (κ1) is 18.7. The van der Waals surface area contributed by atoms with Gasteiger partial charge in [0.1, 0.15) is 11.1 Å². The molecule has 150 valence electrons. The highest BCUT2D eigenvalue weighted by molar-refractivity contribution is 5.84. The van der Waals surface area contributed by atoms with Gasteiger partial charge in [0.05, 0.1) is 11.9 Å². The molecule has 0 N–H and O–H groups in total. The van der Waals surface area contributed by atoms with Gasteiger partial charge >= 0.3 is 6.09 Å². The summed E-state index contributed by atoms with van der Waals surface area (Å²) in [6.45, 7) is 7.76. The molecule has 1 aliphatic heterocycles. The van der Waals surface area contributed by atoms with Crippen LogP contribution in [-0.2, 0) is 9.53 Å². The maximum absolute atomic E-state index is 12.3. The zero-order chi connectivity index (χ0) is 19.9.